The molecule has 2 aromatic rings. The molecule has 156 valence electrons. The second-order valence-electron chi connectivity index (χ2n) is 7.83. The lowest BCUT2D eigenvalue weighted by Gasteiger charge is -2.50. The number of hydrogen-bond donors (Lipinski definition) is 1. The van der Waals surface area contributed by atoms with Crippen LogP contribution in [0.25, 0.3) is 0 Å². The summed E-state index contributed by atoms with van der Waals surface area (Å²) in [5.74, 6) is -0.118. The summed E-state index contributed by atoms with van der Waals surface area (Å²) in [7, 11) is 1.53. The van der Waals surface area contributed by atoms with Gasteiger partial charge in [-0.2, -0.15) is 5.10 Å². The number of aromatic amines is 1. The molecule has 1 spiro atoms. The van der Waals surface area contributed by atoms with Crippen molar-refractivity contribution in [2.24, 2.45) is 5.92 Å². The summed E-state index contributed by atoms with van der Waals surface area (Å²) in [4.78, 5) is 41.3. The normalized spacial score (nSPS) is 19.2. The first-order valence-corrected chi connectivity index (χ1v) is 9.98. The summed E-state index contributed by atoms with van der Waals surface area (Å²) in [6, 6.07) is 0. The fourth-order valence-corrected chi connectivity index (χ4v) is 4.64. The van der Waals surface area contributed by atoms with Crippen LogP contribution in [0.1, 0.15) is 31.2 Å². The molecule has 2 amide bonds. The number of likely N-dealkylation sites (tertiary alicyclic amines) is 1. The smallest absolute Gasteiger partial charge is 0.249 e. The van der Waals surface area contributed by atoms with Crippen LogP contribution in [0.15, 0.2) is 19.0 Å². The number of nitrogens with one attached hydrogen (secondary N) is 1. The Morgan fingerprint density at radius 2 is 2.10 bits per heavy atom. The number of methoxy groups -OCH3 is 1. The summed E-state index contributed by atoms with van der Waals surface area (Å²) >= 11 is 0. The first-order chi connectivity index (χ1) is 14.0. The Balaban J connectivity index is 1.49. The van der Waals surface area contributed by atoms with Crippen molar-refractivity contribution in [3.05, 3.63) is 30.4 Å². The van der Waals surface area contributed by atoms with E-state index in [0.717, 1.165) is 17.8 Å². The number of carbonyl (C=O) groups excluding carboxylic acids is 2. The molecule has 1 saturated heterocycles. The molecule has 0 aliphatic carbocycles. The van der Waals surface area contributed by atoms with E-state index in [4.69, 9.17) is 4.74 Å². The zero-order valence-corrected chi connectivity index (χ0v) is 16.9. The number of ether oxygens (including phenoxy) is 1. The third-order valence-electron chi connectivity index (χ3n) is 6.08. The molecule has 29 heavy (non-hydrogen) atoms. The lowest BCUT2D eigenvalue weighted by Crippen LogP contribution is -2.59. The average Bonchev–Trinajstić information content (AvgIpc) is 3.41. The van der Waals surface area contributed by atoms with Gasteiger partial charge in [0.15, 0.2) is 0 Å². The summed E-state index contributed by atoms with van der Waals surface area (Å²) in [6.07, 6.45) is 6.89. The van der Waals surface area contributed by atoms with Crippen LogP contribution >= 0.6 is 0 Å². The van der Waals surface area contributed by atoms with Crippen molar-refractivity contribution in [1.82, 2.24) is 34.5 Å². The van der Waals surface area contributed by atoms with Crippen LogP contribution in [0.3, 0.4) is 0 Å². The first kappa shape index (κ1) is 19.6. The molecule has 10 heteroatoms. The first-order valence-electron chi connectivity index (χ1n) is 9.98. The van der Waals surface area contributed by atoms with Gasteiger partial charge in [0.05, 0.1) is 30.0 Å². The zero-order chi connectivity index (χ0) is 20.4. The van der Waals surface area contributed by atoms with Gasteiger partial charge in [-0.15, -0.1) is 0 Å². The molecular weight excluding hydrogens is 374 g/mol. The third-order valence-corrected chi connectivity index (χ3v) is 6.08. The number of H-pyrrole nitrogens is 1. The van der Waals surface area contributed by atoms with Crippen molar-refractivity contribution >= 4 is 11.8 Å². The molecule has 2 aromatic heterocycles. The fraction of sp³-hybridized carbons (Fsp3) is 0.632. The van der Waals surface area contributed by atoms with Gasteiger partial charge in [0, 0.05) is 38.9 Å². The zero-order valence-electron chi connectivity index (χ0n) is 16.9. The van der Waals surface area contributed by atoms with E-state index in [1.807, 2.05) is 16.7 Å². The van der Waals surface area contributed by atoms with Crippen LogP contribution in [0.4, 0.5) is 0 Å². The summed E-state index contributed by atoms with van der Waals surface area (Å²) in [5, 5.41) is 4.09. The number of fused-ring (bicyclic) bond motifs is 2. The van der Waals surface area contributed by atoms with E-state index in [9.17, 15) is 9.59 Å². The van der Waals surface area contributed by atoms with Crippen molar-refractivity contribution in [3.8, 4) is 0 Å². The Morgan fingerprint density at radius 1 is 1.31 bits per heavy atom. The van der Waals surface area contributed by atoms with E-state index in [1.54, 1.807) is 17.3 Å². The Bertz CT molecular complexity index is 855. The summed E-state index contributed by atoms with van der Waals surface area (Å²) in [6.45, 7) is 4.28. The molecule has 0 radical (unpaired) electrons. The van der Waals surface area contributed by atoms with Gasteiger partial charge >= 0.3 is 0 Å². The maximum Gasteiger partial charge on any atom is 0.249 e. The predicted molar refractivity (Wildman–Crippen MR) is 103 cm³/mol. The molecular formula is C19H27N7O3. The molecule has 1 fully saturated rings. The largest absolute Gasteiger partial charge is 0.375 e. The van der Waals surface area contributed by atoms with Gasteiger partial charge in [-0.1, -0.05) is 6.92 Å². The molecule has 2 aliphatic heterocycles. The molecule has 10 nitrogen and oxygen atoms in total. The topological polar surface area (TPSA) is 109 Å². The maximum atomic E-state index is 13.0. The molecule has 0 saturated carbocycles. The van der Waals surface area contributed by atoms with Crippen molar-refractivity contribution in [2.75, 3.05) is 33.4 Å². The van der Waals surface area contributed by atoms with Gasteiger partial charge in [-0.25, -0.2) is 9.97 Å². The Labute approximate surface area is 169 Å². The molecule has 0 aromatic carbocycles. The van der Waals surface area contributed by atoms with E-state index >= 15 is 0 Å². The van der Waals surface area contributed by atoms with Crippen molar-refractivity contribution in [1.29, 1.82) is 0 Å². The van der Waals surface area contributed by atoms with Crippen LogP contribution in [-0.4, -0.2) is 79.7 Å². The van der Waals surface area contributed by atoms with Crippen LogP contribution in [-0.2, 0) is 32.8 Å². The van der Waals surface area contributed by atoms with E-state index in [2.05, 4.69) is 20.1 Å². The number of piperidine rings is 1. The number of hydrogen-bond acceptors (Lipinski definition) is 6. The van der Waals surface area contributed by atoms with Gasteiger partial charge in [0.1, 0.15) is 19.3 Å². The number of rotatable bonds is 5. The molecule has 4 heterocycles. The fourth-order valence-electron chi connectivity index (χ4n) is 4.64. The molecule has 0 bridgehead atoms. The molecule has 4 rings (SSSR count). The second kappa shape index (κ2) is 7.94. The van der Waals surface area contributed by atoms with Crippen LogP contribution in [0, 0.1) is 5.92 Å². The average molecular weight is 401 g/mol. The van der Waals surface area contributed by atoms with Gasteiger partial charge in [-0.05, 0) is 12.8 Å². The maximum absolute atomic E-state index is 13.0. The number of nitrogens with zero attached hydrogens (tertiary/aromatic N) is 6. The van der Waals surface area contributed by atoms with Crippen molar-refractivity contribution in [3.63, 3.8) is 0 Å². The Kier molecular flexibility index (Phi) is 5.35. The number of carbonyl (C=O) groups is 2. The standard InChI is InChI=1S/C19H27N7O3/c1-14(9-25-13-20-11-23-25)18(28)24-7-4-19(5-8-24)17-15(21-12-22-17)3-6-26(19)16(27)10-29-2/h11-14H,3-10H2,1-2H3,(H,21,22)/t14-/m1/s1. The van der Waals surface area contributed by atoms with Crippen LogP contribution < -0.4 is 0 Å². The number of imidazole rings is 1. The minimum Gasteiger partial charge on any atom is -0.375 e. The molecule has 1 N–H and O–H groups in total. The van der Waals surface area contributed by atoms with E-state index in [-0.39, 0.29) is 24.3 Å². The second-order valence-corrected chi connectivity index (χ2v) is 7.83. The SMILES string of the molecule is COCC(=O)N1CCc2[nH]cnc2C12CCN(C(=O)[C@H](C)Cn1cncn1)CC2. The Morgan fingerprint density at radius 3 is 2.79 bits per heavy atom. The lowest BCUT2D eigenvalue weighted by atomic mass is 9.78. The highest BCUT2D eigenvalue weighted by Gasteiger charge is 2.49. The predicted octanol–water partition coefficient (Wildman–Crippen LogP) is 0.186. The van der Waals surface area contributed by atoms with Gasteiger partial charge < -0.3 is 19.5 Å². The highest BCUT2D eigenvalue weighted by molar-refractivity contribution is 5.80. The van der Waals surface area contributed by atoms with Gasteiger partial charge in [0.2, 0.25) is 11.8 Å². The quantitative estimate of drug-likeness (QED) is 0.766. The monoisotopic (exact) mass is 401 g/mol. The lowest BCUT2D eigenvalue weighted by molar-refractivity contribution is -0.148. The minimum atomic E-state index is -0.477. The highest BCUT2D eigenvalue weighted by Crippen LogP contribution is 2.42. The number of aromatic nitrogens is 5. The van der Waals surface area contributed by atoms with Gasteiger partial charge in [-0.3, -0.25) is 14.3 Å². The van der Waals surface area contributed by atoms with E-state index in [0.29, 0.717) is 39.0 Å². The summed E-state index contributed by atoms with van der Waals surface area (Å²) < 4.78 is 6.78. The highest BCUT2D eigenvalue weighted by atomic mass is 16.5. The third kappa shape index (κ3) is 3.52. The molecule has 1 atom stereocenters. The molecule has 2 aliphatic rings. The van der Waals surface area contributed by atoms with Crippen LogP contribution in [0.5, 0.6) is 0 Å². The number of amides is 2. The van der Waals surface area contributed by atoms with Crippen LogP contribution in [0.2, 0.25) is 0 Å². The van der Waals surface area contributed by atoms with Crippen molar-refractivity contribution < 1.29 is 14.3 Å². The minimum absolute atomic E-state index is 0.0273. The summed E-state index contributed by atoms with van der Waals surface area (Å²) in [5.41, 5.74) is 1.55. The van der Waals surface area contributed by atoms with Crippen molar-refractivity contribution in [2.45, 2.75) is 38.3 Å². The Hall–Kier alpha value is -2.75. The molecule has 0 unspecified atom stereocenters. The van der Waals surface area contributed by atoms with E-state index < -0.39 is 5.54 Å². The van der Waals surface area contributed by atoms with Gasteiger partial charge in [0.25, 0.3) is 0 Å². The van der Waals surface area contributed by atoms with E-state index in [1.165, 1.54) is 13.4 Å².